The first-order valence-electron chi connectivity index (χ1n) is 7.27. The van der Waals surface area contributed by atoms with E-state index in [1.165, 1.54) is 18.9 Å². The normalized spacial score (nSPS) is 18.1. The molecule has 1 amide bonds. The van der Waals surface area contributed by atoms with Crippen molar-refractivity contribution in [3.05, 3.63) is 12.2 Å². The Morgan fingerprint density at radius 3 is 2.42 bits per heavy atom. The molecule has 1 fully saturated rings. The van der Waals surface area contributed by atoms with Gasteiger partial charge in [0.25, 0.3) is 0 Å². The summed E-state index contributed by atoms with van der Waals surface area (Å²) < 4.78 is 4.80. The van der Waals surface area contributed by atoms with Gasteiger partial charge in [0.05, 0.1) is 6.61 Å². The topological polar surface area (TPSA) is 46.6 Å². The van der Waals surface area contributed by atoms with Gasteiger partial charge in [0, 0.05) is 25.1 Å². The molecular weight excluding hydrogens is 242 g/mol. The lowest BCUT2D eigenvalue weighted by Crippen LogP contribution is -2.35. The van der Waals surface area contributed by atoms with Gasteiger partial charge >= 0.3 is 5.97 Å². The predicted molar refractivity (Wildman–Crippen MR) is 74.6 cm³/mol. The Balaban J connectivity index is 2.37. The zero-order valence-corrected chi connectivity index (χ0v) is 12.1. The van der Waals surface area contributed by atoms with Crippen LogP contribution in [0.1, 0.15) is 46.0 Å². The minimum absolute atomic E-state index is 0.0659. The molecule has 0 bridgehead atoms. The molecule has 0 aliphatic carbocycles. The predicted octanol–water partition coefficient (Wildman–Crippen LogP) is 2.53. The lowest BCUT2D eigenvalue weighted by Gasteiger charge is -2.23. The van der Waals surface area contributed by atoms with E-state index in [0.29, 0.717) is 13.0 Å². The van der Waals surface area contributed by atoms with Crippen LogP contribution in [-0.4, -0.2) is 36.5 Å². The van der Waals surface area contributed by atoms with E-state index in [0.717, 1.165) is 25.9 Å². The van der Waals surface area contributed by atoms with Crippen LogP contribution < -0.4 is 0 Å². The van der Waals surface area contributed by atoms with Gasteiger partial charge in [-0.15, -0.1) is 0 Å². The lowest BCUT2D eigenvalue weighted by atomic mass is 10.1. The van der Waals surface area contributed by atoms with E-state index < -0.39 is 0 Å². The summed E-state index contributed by atoms with van der Waals surface area (Å²) in [6.45, 7) is 5.83. The molecular formula is C15H25NO3. The molecule has 1 aliphatic rings. The molecule has 0 spiro atoms. The van der Waals surface area contributed by atoms with Gasteiger partial charge in [-0.05, 0) is 26.2 Å². The highest BCUT2D eigenvalue weighted by Gasteiger charge is 2.20. The van der Waals surface area contributed by atoms with Crippen molar-refractivity contribution in [1.82, 2.24) is 4.90 Å². The number of likely N-dealkylation sites (tertiary alicyclic amines) is 1. The third kappa shape index (κ3) is 5.90. The number of esters is 1. The van der Waals surface area contributed by atoms with Crippen LogP contribution >= 0.6 is 0 Å². The molecule has 1 unspecified atom stereocenters. The molecule has 1 rings (SSSR count). The second-order valence-corrected chi connectivity index (χ2v) is 5.03. The maximum absolute atomic E-state index is 12.2. The van der Waals surface area contributed by atoms with Gasteiger partial charge in [0.15, 0.2) is 0 Å². The largest absolute Gasteiger partial charge is 0.463 e. The number of hydrogen-bond donors (Lipinski definition) is 0. The molecule has 19 heavy (non-hydrogen) atoms. The van der Waals surface area contributed by atoms with Gasteiger partial charge in [-0.3, -0.25) is 4.79 Å². The smallest absolute Gasteiger partial charge is 0.330 e. The van der Waals surface area contributed by atoms with Crippen molar-refractivity contribution in [3.8, 4) is 0 Å². The van der Waals surface area contributed by atoms with Gasteiger partial charge < -0.3 is 9.64 Å². The Bertz CT molecular complexity index is 317. The highest BCUT2D eigenvalue weighted by atomic mass is 16.5. The number of carbonyl (C=O) groups excluding carboxylic acids is 2. The summed E-state index contributed by atoms with van der Waals surface area (Å²) in [6, 6.07) is 0. The van der Waals surface area contributed by atoms with Crippen LogP contribution in [0.2, 0.25) is 0 Å². The first kappa shape index (κ1) is 15.7. The highest BCUT2D eigenvalue weighted by molar-refractivity contribution is 5.82. The molecule has 1 aliphatic heterocycles. The molecule has 0 aromatic carbocycles. The van der Waals surface area contributed by atoms with Crippen molar-refractivity contribution in [2.24, 2.45) is 5.92 Å². The fourth-order valence-corrected chi connectivity index (χ4v) is 2.26. The molecule has 1 atom stereocenters. The lowest BCUT2D eigenvalue weighted by molar-refractivity contribution is -0.137. The van der Waals surface area contributed by atoms with Crippen LogP contribution in [-0.2, 0) is 14.3 Å². The van der Waals surface area contributed by atoms with Crippen LogP contribution in [0.3, 0.4) is 0 Å². The minimum Gasteiger partial charge on any atom is -0.463 e. The van der Waals surface area contributed by atoms with E-state index in [2.05, 4.69) is 0 Å². The zero-order chi connectivity index (χ0) is 14.1. The molecule has 108 valence electrons. The van der Waals surface area contributed by atoms with E-state index in [9.17, 15) is 9.59 Å². The van der Waals surface area contributed by atoms with Crippen LogP contribution in [0.4, 0.5) is 0 Å². The molecule has 0 radical (unpaired) electrons. The van der Waals surface area contributed by atoms with Crippen LogP contribution in [0.25, 0.3) is 0 Å². The summed E-state index contributed by atoms with van der Waals surface area (Å²) in [4.78, 5) is 25.3. The van der Waals surface area contributed by atoms with Gasteiger partial charge in [-0.1, -0.05) is 25.8 Å². The highest BCUT2D eigenvalue weighted by Crippen LogP contribution is 2.14. The Morgan fingerprint density at radius 1 is 1.21 bits per heavy atom. The average Bonchev–Trinajstić information content (AvgIpc) is 2.66. The Morgan fingerprint density at radius 2 is 1.84 bits per heavy atom. The summed E-state index contributed by atoms with van der Waals surface area (Å²) in [7, 11) is 0. The summed E-state index contributed by atoms with van der Waals surface area (Å²) in [5.41, 5.74) is 0. The number of nitrogens with zero attached hydrogens (tertiary/aromatic N) is 1. The van der Waals surface area contributed by atoms with E-state index in [1.807, 2.05) is 11.8 Å². The Hall–Kier alpha value is -1.32. The maximum Gasteiger partial charge on any atom is 0.330 e. The molecule has 4 nitrogen and oxygen atoms in total. The van der Waals surface area contributed by atoms with Crippen LogP contribution in [0.15, 0.2) is 12.2 Å². The van der Waals surface area contributed by atoms with Crippen LogP contribution in [0, 0.1) is 5.92 Å². The van der Waals surface area contributed by atoms with Crippen LogP contribution in [0.5, 0.6) is 0 Å². The molecule has 0 N–H and O–H groups in total. The number of rotatable bonds is 5. The Kier molecular flexibility index (Phi) is 7.23. The van der Waals surface area contributed by atoms with Crippen molar-refractivity contribution in [3.63, 3.8) is 0 Å². The fraction of sp³-hybridized carbons (Fsp3) is 0.733. The zero-order valence-electron chi connectivity index (χ0n) is 12.1. The molecule has 1 heterocycles. The van der Waals surface area contributed by atoms with E-state index in [-0.39, 0.29) is 17.8 Å². The van der Waals surface area contributed by atoms with Gasteiger partial charge in [0.1, 0.15) is 0 Å². The Labute approximate surface area is 115 Å². The van der Waals surface area contributed by atoms with Gasteiger partial charge in [0.2, 0.25) is 5.91 Å². The van der Waals surface area contributed by atoms with E-state index >= 15 is 0 Å². The SMILES string of the molecule is CCOC(=O)/C=C/CC(C)C(=O)N1CCCCCC1. The number of carbonyl (C=O) groups is 2. The molecule has 4 heteroatoms. The minimum atomic E-state index is -0.336. The van der Waals surface area contributed by atoms with Gasteiger partial charge in [-0.2, -0.15) is 0 Å². The monoisotopic (exact) mass is 267 g/mol. The van der Waals surface area contributed by atoms with Crippen molar-refractivity contribution in [2.75, 3.05) is 19.7 Å². The summed E-state index contributed by atoms with van der Waals surface area (Å²) >= 11 is 0. The number of amides is 1. The first-order chi connectivity index (χ1) is 9.15. The summed E-state index contributed by atoms with van der Waals surface area (Å²) in [5.74, 6) is -0.198. The maximum atomic E-state index is 12.2. The second-order valence-electron chi connectivity index (χ2n) is 5.03. The second kappa shape index (κ2) is 8.73. The number of allylic oxidation sites excluding steroid dienone is 1. The average molecular weight is 267 g/mol. The van der Waals surface area contributed by atoms with Gasteiger partial charge in [-0.25, -0.2) is 4.79 Å². The summed E-state index contributed by atoms with van der Waals surface area (Å²) in [5, 5.41) is 0. The van der Waals surface area contributed by atoms with E-state index in [1.54, 1.807) is 13.0 Å². The third-order valence-electron chi connectivity index (χ3n) is 3.37. The fourth-order valence-electron chi connectivity index (χ4n) is 2.26. The van der Waals surface area contributed by atoms with Crippen molar-refractivity contribution >= 4 is 11.9 Å². The van der Waals surface area contributed by atoms with Crippen molar-refractivity contribution < 1.29 is 14.3 Å². The molecule has 0 aromatic rings. The number of ether oxygens (including phenoxy) is 1. The molecule has 1 saturated heterocycles. The summed E-state index contributed by atoms with van der Waals surface area (Å²) in [6.07, 6.45) is 8.40. The number of hydrogen-bond acceptors (Lipinski definition) is 3. The van der Waals surface area contributed by atoms with Crippen molar-refractivity contribution in [2.45, 2.75) is 46.0 Å². The third-order valence-corrected chi connectivity index (χ3v) is 3.37. The standard InChI is InChI=1S/C15H25NO3/c1-3-19-14(17)10-8-9-13(2)15(18)16-11-6-4-5-7-12-16/h8,10,13H,3-7,9,11-12H2,1-2H3/b10-8+. The first-order valence-corrected chi connectivity index (χ1v) is 7.27. The van der Waals surface area contributed by atoms with E-state index in [4.69, 9.17) is 4.74 Å². The molecule has 0 saturated carbocycles. The quantitative estimate of drug-likeness (QED) is 0.568. The van der Waals surface area contributed by atoms with Crippen molar-refractivity contribution in [1.29, 1.82) is 0 Å². The molecule has 0 aromatic heterocycles.